The summed E-state index contributed by atoms with van der Waals surface area (Å²) in [6.07, 6.45) is 8.72. The van der Waals surface area contributed by atoms with Crippen molar-refractivity contribution in [3.8, 4) is 11.3 Å². The van der Waals surface area contributed by atoms with Crippen LogP contribution in [0.15, 0.2) is 30.7 Å². The maximum atomic E-state index is 15.3. The lowest BCUT2D eigenvalue weighted by Crippen LogP contribution is -2.64. The molecule has 0 unspecified atom stereocenters. The minimum atomic E-state index is -1.77. The second kappa shape index (κ2) is 12.4. The molecular formula is C37H43F3N8O2. The number of nitrogens with one attached hydrogen (secondary N) is 2. The summed E-state index contributed by atoms with van der Waals surface area (Å²) in [5.74, 6) is -5.57. The van der Waals surface area contributed by atoms with Gasteiger partial charge in [0.1, 0.15) is 5.52 Å². The van der Waals surface area contributed by atoms with E-state index in [-0.39, 0.29) is 35.9 Å². The van der Waals surface area contributed by atoms with Crippen LogP contribution in [-0.4, -0.2) is 67.4 Å². The van der Waals surface area contributed by atoms with E-state index in [0.717, 1.165) is 37.7 Å². The fourth-order valence-electron chi connectivity index (χ4n) is 7.89. The zero-order valence-corrected chi connectivity index (χ0v) is 29.3. The number of hydrogen-bond donors (Lipinski definition) is 2. The summed E-state index contributed by atoms with van der Waals surface area (Å²) >= 11 is 0. The van der Waals surface area contributed by atoms with E-state index >= 15 is 4.39 Å². The van der Waals surface area contributed by atoms with Gasteiger partial charge in [0.15, 0.2) is 23.3 Å². The fourth-order valence-corrected chi connectivity index (χ4v) is 7.89. The second-order valence-electron chi connectivity index (χ2n) is 14.9. The molecule has 1 aromatic carbocycles. The van der Waals surface area contributed by atoms with Crippen LogP contribution in [0.5, 0.6) is 0 Å². The minimum absolute atomic E-state index is 0.0148. The highest BCUT2D eigenvalue weighted by molar-refractivity contribution is 6.08. The molecule has 10 nitrogen and oxygen atoms in total. The Balaban J connectivity index is 1.29. The molecular weight excluding hydrogens is 645 g/mol. The maximum absolute atomic E-state index is 15.3. The Hall–Kier alpha value is -4.52. The number of imidazole rings is 1. The van der Waals surface area contributed by atoms with Gasteiger partial charge in [0.2, 0.25) is 5.91 Å². The van der Waals surface area contributed by atoms with Gasteiger partial charge in [-0.15, -0.1) is 0 Å². The summed E-state index contributed by atoms with van der Waals surface area (Å²) < 4.78 is 46.6. The maximum Gasteiger partial charge on any atom is 0.254 e. The summed E-state index contributed by atoms with van der Waals surface area (Å²) in [6, 6.07) is 4.61. The first-order chi connectivity index (χ1) is 23.7. The molecule has 3 aromatic heterocycles. The Bertz CT molecular complexity index is 2010. The van der Waals surface area contributed by atoms with Crippen molar-refractivity contribution >= 4 is 40.0 Å². The fraction of sp³-hybridized carbons (Fsp3) is 0.486. The van der Waals surface area contributed by atoms with Crippen LogP contribution in [-0.2, 0) is 10.2 Å². The van der Waals surface area contributed by atoms with Crippen LogP contribution in [0.2, 0.25) is 0 Å². The van der Waals surface area contributed by atoms with Crippen LogP contribution < -0.4 is 15.5 Å². The quantitative estimate of drug-likeness (QED) is 0.192. The van der Waals surface area contributed by atoms with Gasteiger partial charge in [0.25, 0.3) is 5.91 Å². The van der Waals surface area contributed by atoms with Crippen molar-refractivity contribution < 1.29 is 22.8 Å². The smallest absolute Gasteiger partial charge is 0.254 e. The number of hydrogen-bond acceptors (Lipinski definition) is 7. The summed E-state index contributed by atoms with van der Waals surface area (Å²) in [5.41, 5.74) is 1.65. The molecule has 2 amide bonds. The first kappa shape index (κ1) is 34.0. The van der Waals surface area contributed by atoms with E-state index in [1.807, 2.05) is 43.2 Å². The summed E-state index contributed by atoms with van der Waals surface area (Å²) in [7, 11) is 0. The molecule has 0 atom stereocenters. The summed E-state index contributed by atoms with van der Waals surface area (Å²) in [6.45, 7) is 14.0. The van der Waals surface area contributed by atoms with E-state index < -0.39 is 40.0 Å². The van der Waals surface area contributed by atoms with Crippen molar-refractivity contribution in [2.45, 2.75) is 96.7 Å². The van der Waals surface area contributed by atoms with Crippen molar-refractivity contribution in [1.82, 2.24) is 29.7 Å². The number of halogens is 3. The van der Waals surface area contributed by atoms with E-state index in [0.29, 0.717) is 28.0 Å². The van der Waals surface area contributed by atoms with Crippen molar-refractivity contribution in [1.29, 1.82) is 0 Å². The second-order valence-corrected chi connectivity index (χ2v) is 14.9. The molecule has 7 rings (SSSR count). The zero-order chi connectivity index (χ0) is 35.7. The molecule has 1 aliphatic carbocycles. The third-order valence-electron chi connectivity index (χ3n) is 10.7. The molecule has 1 saturated heterocycles. The Kier molecular flexibility index (Phi) is 8.39. The van der Waals surface area contributed by atoms with Crippen LogP contribution in [0, 0.1) is 17.5 Å². The topological polar surface area (TPSA) is 108 Å². The molecule has 2 fully saturated rings. The van der Waals surface area contributed by atoms with E-state index in [4.69, 9.17) is 9.97 Å². The Morgan fingerprint density at radius 1 is 1.00 bits per heavy atom. The van der Waals surface area contributed by atoms with Gasteiger partial charge in [0.05, 0.1) is 45.6 Å². The first-order valence-corrected chi connectivity index (χ1v) is 17.4. The molecule has 1 saturated carbocycles. The molecule has 0 bridgehead atoms. The van der Waals surface area contributed by atoms with Crippen molar-refractivity contribution in [2.24, 2.45) is 0 Å². The third kappa shape index (κ3) is 5.41. The van der Waals surface area contributed by atoms with Crippen LogP contribution in [0.25, 0.3) is 22.3 Å². The minimum Gasteiger partial charge on any atom is -0.352 e. The van der Waals surface area contributed by atoms with Gasteiger partial charge in [-0.05, 0) is 98.5 Å². The monoisotopic (exact) mass is 688 g/mol. The number of pyridine rings is 2. The molecule has 4 aromatic rings. The standard InChI is InChI=1S/C37H43F3N8O2/c1-7-41-34(49)23-14-25(29(39)30(40)28(23)38)45-33-31-26(43-19-47(31)20(2)3)15-24(44-33)21-13-27-32(42-18-21)36(4,5)35(50)48(27)22-16-37(6,17-22)46-11-9-8-10-12-46/h13-15,18-20,22H,7-12,16-17H2,1-6H3,(H,41,49)(H,44,45). The van der Waals surface area contributed by atoms with Gasteiger partial charge in [-0.1, -0.05) is 6.42 Å². The number of carbonyl (C=O) groups is 2. The van der Waals surface area contributed by atoms with Gasteiger partial charge >= 0.3 is 0 Å². The number of carbonyl (C=O) groups excluding carboxylic acids is 2. The van der Waals surface area contributed by atoms with E-state index in [2.05, 4.69) is 27.4 Å². The summed E-state index contributed by atoms with van der Waals surface area (Å²) in [4.78, 5) is 45.2. The number of aromatic nitrogens is 4. The van der Waals surface area contributed by atoms with E-state index in [1.165, 1.54) is 19.3 Å². The van der Waals surface area contributed by atoms with Crippen molar-refractivity contribution in [3.63, 3.8) is 0 Å². The molecule has 50 heavy (non-hydrogen) atoms. The van der Waals surface area contributed by atoms with Gasteiger partial charge in [-0.2, -0.15) is 0 Å². The lowest BCUT2D eigenvalue weighted by atomic mass is 9.71. The first-order valence-electron chi connectivity index (χ1n) is 17.4. The Morgan fingerprint density at radius 2 is 1.72 bits per heavy atom. The largest absolute Gasteiger partial charge is 0.352 e. The molecule has 2 aliphatic heterocycles. The van der Waals surface area contributed by atoms with Crippen LogP contribution in [0.3, 0.4) is 0 Å². The average molecular weight is 689 g/mol. The molecule has 2 N–H and O–H groups in total. The highest BCUT2D eigenvalue weighted by Gasteiger charge is 2.54. The van der Waals surface area contributed by atoms with Crippen molar-refractivity contribution in [2.75, 3.05) is 29.9 Å². The van der Waals surface area contributed by atoms with E-state index in [9.17, 15) is 18.4 Å². The number of anilines is 3. The normalized spacial score (nSPS) is 21.8. The number of amides is 2. The lowest BCUT2D eigenvalue weighted by Gasteiger charge is -2.55. The summed E-state index contributed by atoms with van der Waals surface area (Å²) in [5, 5.41) is 5.27. The number of likely N-dealkylation sites (tertiary alicyclic amines) is 1. The molecule has 13 heteroatoms. The van der Waals surface area contributed by atoms with Gasteiger partial charge < -0.3 is 20.1 Å². The third-order valence-corrected chi connectivity index (χ3v) is 10.7. The van der Waals surface area contributed by atoms with Gasteiger partial charge in [-0.3, -0.25) is 19.5 Å². The highest BCUT2D eigenvalue weighted by atomic mass is 19.2. The lowest BCUT2D eigenvalue weighted by molar-refractivity contribution is -0.123. The van der Waals surface area contributed by atoms with Crippen LogP contribution in [0.1, 0.15) is 95.7 Å². The number of piperidine rings is 1. The molecule has 3 aliphatic rings. The van der Waals surface area contributed by atoms with Crippen LogP contribution >= 0.6 is 0 Å². The zero-order valence-electron chi connectivity index (χ0n) is 29.3. The number of rotatable bonds is 8. The van der Waals surface area contributed by atoms with Gasteiger partial charge in [-0.25, -0.2) is 23.1 Å². The average Bonchev–Trinajstić information content (AvgIpc) is 3.60. The SMILES string of the molecule is CCNC(=O)c1cc(Nc2nc(-c3cnc4c(c3)N(C3CC(C)(N5CCCCC5)C3)C(=O)C4(C)C)cc3ncn(C(C)C)c23)c(F)c(F)c1F. The number of nitrogens with zero attached hydrogens (tertiary/aromatic N) is 6. The molecule has 0 spiro atoms. The highest BCUT2D eigenvalue weighted by Crippen LogP contribution is 2.50. The Labute approximate surface area is 289 Å². The molecule has 5 heterocycles. The Morgan fingerprint density at radius 3 is 2.40 bits per heavy atom. The van der Waals surface area contributed by atoms with Crippen LogP contribution in [0.4, 0.5) is 30.4 Å². The van der Waals surface area contributed by atoms with E-state index in [1.54, 1.807) is 25.5 Å². The van der Waals surface area contributed by atoms with Crippen molar-refractivity contribution in [3.05, 3.63) is 59.4 Å². The number of fused-ring (bicyclic) bond motifs is 2. The predicted octanol–water partition coefficient (Wildman–Crippen LogP) is 7.02. The van der Waals surface area contributed by atoms with Gasteiger partial charge in [0, 0.05) is 35.9 Å². The number of benzene rings is 1. The molecule has 264 valence electrons. The predicted molar refractivity (Wildman–Crippen MR) is 186 cm³/mol. The molecule has 0 radical (unpaired) electrons.